The Morgan fingerprint density at radius 3 is 1.39 bits per heavy atom. The van der Waals surface area contributed by atoms with Crippen LogP contribution in [0.3, 0.4) is 0 Å². The maximum atomic E-state index is 14.3. The summed E-state index contributed by atoms with van der Waals surface area (Å²) in [6.45, 7) is 4.41. The molecule has 318 valence electrons. The second-order valence-electron chi connectivity index (χ2n) is 16.2. The molecule has 0 saturated carbocycles. The Balaban J connectivity index is 2.96. The summed E-state index contributed by atoms with van der Waals surface area (Å²) in [4.78, 5) is 43.3. The molecular formula is C43H84N4O7. The molecule has 0 radical (unpaired) electrons. The fourth-order valence-corrected chi connectivity index (χ4v) is 8.07. The molecule has 0 spiro atoms. The van der Waals surface area contributed by atoms with Crippen molar-refractivity contribution in [1.82, 2.24) is 4.90 Å². The zero-order valence-corrected chi connectivity index (χ0v) is 34.9. The number of aliphatic hydroxyl groups excluding tert-OH is 3. The molecule has 0 aliphatic carbocycles. The maximum absolute atomic E-state index is 14.3. The van der Waals surface area contributed by atoms with E-state index in [1.165, 1.54) is 121 Å². The van der Waals surface area contributed by atoms with Crippen LogP contribution in [0, 0.1) is 0 Å². The van der Waals surface area contributed by atoms with E-state index in [9.17, 15) is 29.7 Å². The molecule has 1 heterocycles. The number of ether oxygens (including phenoxy) is 1. The Morgan fingerprint density at radius 1 is 0.667 bits per heavy atom. The second-order valence-corrected chi connectivity index (χ2v) is 16.2. The van der Waals surface area contributed by atoms with E-state index in [0.29, 0.717) is 12.8 Å². The summed E-state index contributed by atoms with van der Waals surface area (Å²) in [5, 5.41) is 32.5. The van der Waals surface area contributed by atoms with Crippen LogP contribution in [0.4, 0.5) is 0 Å². The number of unbranched alkanes of at least 4 members (excludes halogenated alkanes) is 25. The van der Waals surface area contributed by atoms with Gasteiger partial charge in [0.15, 0.2) is 11.3 Å². The van der Waals surface area contributed by atoms with Gasteiger partial charge in [0.25, 0.3) is 0 Å². The normalized spacial score (nSPS) is 23.4. The number of hydrogen-bond donors (Lipinski definition) is 6. The highest BCUT2D eigenvalue weighted by molar-refractivity contribution is 6.05. The fourth-order valence-electron chi connectivity index (χ4n) is 8.07. The molecule has 1 fully saturated rings. The van der Waals surface area contributed by atoms with Crippen molar-refractivity contribution < 1.29 is 34.4 Å². The van der Waals surface area contributed by atoms with Crippen molar-refractivity contribution in [3.05, 3.63) is 0 Å². The molecule has 1 aliphatic rings. The standard InChI is InChI=1S/C43H84N4O7/c1-4-6-8-10-12-14-16-18-19-20-21-23-25-27-29-31-38(50)47(32-30-28-26-24-22-17-15-13-11-9-7-5-2)43(40(52)35(3)45)42(46,37(49)33-44)41(53)39(51)36(34-48)54-43/h35-36,39,41,48,51,53H,4-34,44-46H2,1-3H3/t35-,36+,39+,41-,42+,43+/m0/s1. The van der Waals surface area contributed by atoms with Gasteiger partial charge in [0, 0.05) is 13.0 Å². The Kier molecular flexibility index (Phi) is 27.8. The van der Waals surface area contributed by atoms with E-state index in [4.69, 9.17) is 21.9 Å². The van der Waals surface area contributed by atoms with Gasteiger partial charge in [-0.15, -0.1) is 0 Å². The van der Waals surface area contributed by atoms with Crippen molar-refractivity contribution in [3.8, 4) is 0 Å². The first-order valence-electron chi connectivity index (χ1n) is 22.3. The topological polar surface area (TPSA) is 202 Å². The van der Waals surface area contributed by atoms with Gasteiger partial charge < -0.3 is 42.2 Å². The van der Waals surface area contributed by atoms with Crippen LogP contribution in [0.2, 0.25) is 0 Å². The number of amides is 1. The van der Waals surface area contributed by atoms with Gasteiger partial charge in [0.2, 0.25) is 17.4 Å². The molecule has 54 heavy (non-hydrogen) atoms. The van der Waals surface area contributed by atoms with E-state index in [1.807, 2.05) is 0 Å². The lowest BCUT2D eigenvalue weighted by Crippen LogP contribution is -2.88. The summed E-state index contributed by atoms with van der Waals surface area (Å²) < 4.78 is 6.15. The maximum Gasteiger partial charge on any atom is 0.233 e. The van der Waals surface area contributed by atoms with Crippen LogP contribution in [0.1, 0.15) is 201 Å². The molecule has 1 saturated heterocycles. The molecule has 0 unspecified atom stereocenters. The first kappa shape index (κ1) is 50.5. The number of Topliss-reactive ketones (excluding diaryl/α,β-unsaturated/α-hetero) is 2. The zero-order valence-electron chi connectivity index (χ0n) is 34.9. The van der Waals surface area contributed by atoms with Crippen LogP contribution in [-0.4, -0.2) is 93.0 Å². The summed E-state index contributed by atoms with van der Waals surface area (Å²) in [6, 6.07) is -1.26. The second kappa shape index (κ2) is 29.7. The fraction of sp³-hybridized carbons (Fsp3) is 0.930. The van der Waals surface area contributed by atoms with Gasteiger partial charge in [-0.3, -0.25) is 14.4 Å². The Hall–Kier alpha value is -1.47. The number of hydrogen-bond acceptors (Lipinski definition) is 10. The summed E-state index contributed by atoms with van der Waals surface area (Å²) >= 11 is 0. The monoisotopic (exact) mass is 769 g/mol. The summed E-state index contributed by atoms with van der Waals surface area (Å²) in [6.07, 6.45) is 25.6. The number of nitrogens with two attached hydrogens (primary N) is 3. The molecule has 9 N–H and O–H groups in total. The minimum atomic E-state index is -2.63. The van der Waals surface area contributed by atoms with E-state index in [2.05, 4.69) is 13.8 Å². The third kappa shape index (κ3) is 16.2. The molecule has 1 amide bonds. The molecule has 1 rings (SSSR count). The highest BCUT2D eigenvalue weighted by Crippen LogP contribution is 2.42. The largest absolute Gasteiger partial charge is 0.394 e. The van der Waals surface area contributed by atoms with Gasteiger partial charge in [0.1, 0.15) is 18.3 Å². The van der Waals surface area contributed by atoms with Crippen LogP contribution >= 0.6 is 0 Å². The van der Waals surface area contributed by atoms with Crippen LogP contribution in [0.5, 0.6) is 0 Å². The predicted octanol–water partition coefficient (Wildman–Crippen LogP) is 6.73. The first-order valence-corrected chi connectivity index (χ1v) is 22.3. The number of carbonyl (C=O) groups is 3. The highest BCUT2D eigenvalue weighted by Gasteiger charge is 2.72. The number of nitrogens with zero attached hydrogens (tertiary/aromatic N) is 1. The van der Waals surface area contributed by atoms with Crippen LogP contribution in [-0.2, 0) is 19.1 Å². The van der Waals surface area contributed by atoms with Crippen molar-refractivity contribution in [2.45, 2.75) is 236 Å². The molecule has 0 bridgehead atoms. The Labute approximate surface area is 329 Å². The molecular weight excluding hydrogens is 684 g/mol. The summed E-state index contributed by atoms with van der Waals surface area (Å²) in [7, 11) is 0. The van der Waals surface area contributed by atoms with Gasteiger partial charge >= 0.3 is 0 Å². The third-order valence-electron chi connectivity index (χ3n) is 11.5. The Morgan fingerprint density at radius 2 is 1.04 bits per heavy atom. The van der Waals surface area contributed by atoms with Crippen molar-refractivity contribution in [2.24, 2.45) is 17.2 Å². The Bertz CT molecular complexity index is 1000. The minimum absolute atomic E-state index is 0.0191. The van der Waals surface area contributed by atoms with Gasteiger partial charge in [-0.2, -0.15) is 0 Å². The minimum Gasteiger partial charge on any atom is -0.394 e. The predicted molar refractivity (Wildman–Crippen MR) is 219 cm³/mol. The van der Waals surface area contributed by atoms with Crippen LogP contribution in [0.15, 0.2) is 0 Å². The van der Waals surface area contributed by atoms with Crippen molar-refractivity contribution in [1.29, 1.82) is 0 Å². The lowest BCUT2D eigenvalue weighted by molar-refractivity contribution is -0.287. The summed E-state index contributed by atoms with van der Waals surface area (Å²) in [5.41, 5.74) is 13.5. The molecule has 11 heteroatoms. The van der Waals surface area contributed by atoms with Crippen LogP contribution in [0.25, 0.3) is 0 Å². The van der Waals surface area contributed by atoms with Gasteiger partial charge in [-0.05, 0) is 19.8 Å². The lowest BCUT2D eigenvalue weighted by Gasteiger charge is -2.58. The molecule has 0 aromatic carbocycles. The molecule has 1 aliphatic heterocycles. The smallest absolute Gasteiger partial charge is 0.233 e. The number of ketones is 2. The van der Waals surface area contributed by atoms with Gasteiger partial charge in [-0.1, -0.05) is 174 Å². The number of aliphatic hydroxyl groups is 3. The summed E-state index contributed by atoms with van der Waals surface area (Å²) in [5.74, 6) is -2.31. The average Bonchev–Trinajstić information content (AvgIpc) is 3.17. The number of rotatable bonds is 35. The molecule has 0 aromatic heterocycles. The highest BCUT2D eigenvalue weighted by atomic mass is 16.6. The van der Waals surface area contributed by atoms with Crippen molar-refractivity contribution in [2.75, 3.05) is 19.7 Å². The van der Waals surface area contributed by atoms with E-state index in [0.717, 1.165) is 51.4 Å². The lowest BCUT2D eigenvalue weighted by atomic mass is 9.69. The van der Waals surface area contributed by atoms with E-state index < -0.39 is 66.2 Å². The van der Waals surface area contributed by atoms with Crippen LogP contribution < -0.4 is 17.2 Å². The quantitative estimate of drug-likeness (QED) is 0.0376. The van der Waals surface area contributed by atoms with Gasteiger partial charge in [-0.25, -0.2) is 0 Å². The third-order valence-corrected chi connectivity index (χ3v) is 11.5. The van der Waals surface area contributed by atoms with Gasteiger partial charge in [0.05, 0.1) is 19.2 Å². The van der Waals surface area contributed by atoms with Crippen molar-refractivity contribution in [3.63, 3.8) is 0 Å². The van der Waals surface area contributed by atoms with E-state index in [-0.39, 0.29) is 13.0 Å². The molecule has 6 atom stereocenters. The molecule has 11 nitrogen and oxygen atoms in total. The number of carbonyl (C=O) groups excluding carboxylic acids is 3. The molecule has 0 aromatic rings. The zero-order chi connectivity index (χ0) is 40.2. The van der Waals surface area contributed by atoms with Crippen molar-refractivity contribution >= 4 is 17.5 Å². The first-order chi connectivity index (χ1) is 26.0. The van der Waals surface area contributed by atoms with E-state index in [1.54, 1.807) is 0 Å². The SMILES string of the molecule is CCCCCCCCCCCCCCCCCC(=O)N(CCCCCCCCCCCCCC)[C@]1(C(=O)[C@H](C)N)O[C@H](CO)[C@@H](O)[C@H](O)[C@]1(N)C(=O)CN. The average molecular weight is 769 g/mol. The van der Waals surface area contributed by atoms with E-state index >= 15 is 0 Å².